The van der Waals surface area contributed by atoms with Gasteiger partial charge < -0.3 is 4.74 Å². The van der Waals surface area contributed by atoms with Crippen LogP contribution in [0.2, 0.25) is 0 Å². The average molecular weight is 423 g/mol. The van der Waals surface area contributed by atoms with Crippen LogP contribution < -0.4 is 0 Å². The summed E-state index contributed by atoms with van der Waals surface area (Å²) < 4.78 is 96.1. The molecule has 152 valence electrons. The molecule has 0 aliphatic rings. The van der Waals surface area contributed by atoms with Crippen molar-refractivity contribution >= 4 is 16.0 Å². The Balaban J connectivity index is 2.10. The molecule has 28 heavy (non-hydrogen) atoms. The molecule has 0 unspecified atom stereocenters. The minimum atomic E-state index is -4.05. The van der Waals surface area contributed by atoms with Crippen LogP contribution in [0.15, 0.2) is 29.2 Å². The van der Waals surface area contributed by atoms with Gasteiger partial charge in [-0.25, -0.2) is 30.4 Å². The van der Waals surface area contributed by atoms with E-state index in [1.54, 1.807) is 19.1 Å². The molecule has 0 aliphatic heterocycles. The number of benzene rings is 2. The SMILES string of the molecule is Cc1ccc(S(=O)(=O)N(C)CC(=O)OCc2c(F)c(F)c(F)c(F)c2F)cc1. The molecule has 0 aromatic heterocycles. The van der Waals surface area contributed by atoms with Gasteiger partial charge in [0, 0.05) is 7.05 Å². The van der Waals surface area contributed by atoms with E-state index in [0.717, 1.165) is 12.6 Å². The molecule has 0 bridgehead atoms. The van der Waals surface area contributed by atoms with Gasteiger partial charge >= 0.3 is 5.97 Å². The lowest BCUT2D eigenvalue weighted by atomic mass is 10.2. The van der Waals surface area contributed by atoms with Crippen LogP contribution in [0.4, 0.5) is 22.0 Å². The van der Waals surface area contributed by atoms with E-state index in [1.807, 2.05) is 0 Å². The van der Waals surface area contributed by atoms with Crippen molar-refractivity contribution in [3.05, 3.63) is 64.5 Å². The molecule has 11 heteroatoms. The van der Waals surface area contributed by atoms with E-state index in [2.05, 4.69) is 4.74 Å². The summed E-state index contributed by atoms with van der Waals surface area (Å²) in [6, 6.07) is 5.73. The molecule has 0 aliphatic carbocycles. The number of nitrogens with zero attached hydrogens (tertiary/aromatic N) is 1. The summed E-state index contributed by atoms with van der Waals surface area (Å²) in [6.45, 7) is -0.356. The molecule has 0 radical (unpaired) electrons. The fraction of sp³-hybridized carbons (Fsp3) is 0.235. The lowest BCUT2D eigenvalue weighted by Gasteiger charge is -2.17. The maximum absolute atomic E-state index is 13.5. The van der Waals surface area contributed by atoms with Gasteiger partial charge in [-0.15, -0.1) is 0 Å². The van der Waals surface area contributed by atoms with Crippen LogP contribution in [0.25, 0.3) is 0 Å². The summed E-state index contributed by atoms with van der Waals surface area (Å²) in [5, 5.41) is 0. The van der Waals surface area contributed by atoms with Gasteiger partial charge in [-0.3, -0.25) is 4.79 Å². The molecule has 0 saturated carbocycles. The molecule has 0 heterocycles. The Bertz CT molecular complexity index is 980. The van der Waals surface area contributed by atoms with E-state index in [9.17, 15) is 35.2 Å². The summed E-state index contributed by atoms with van der Waals surface area (Å²) in [7, 11) is -2.99. The van der Waals surface area contributed by atoms with Crippen LogP contribution in [-0.2, 0) is 26.2 Å². The normalized spacial score (nSPS) is 11.7. The second kappa shape index (κ2) is 8.23. The minimum absolute atomic E-state index is 0.104. The van der Waals surface area contributed by atoms with Crippen LogP contribution >= 0.6 is 0 Å². The number of hydrogen-bond acceptors (Lipinski definition) is 4. The number of aryl methyl sites for hydroxylation is 1. The summed E-state index contributed by atoms with van der Waals surface area (Å²) in [4.78, 5) is 11.7. The Kier molecular flexibility index (Phi) is 6.40. The molecule has 0 N–H and O–H groups in total. The van der Waals surface area contributed by atoms with Crippen molar-refractivity contribution in [1.29, 1.82) is 0 Å². The van der Waals surface area contributed by atoms with Crippen LogP contribution in [0.5, 0.6) is 0 Å². The monoisotopic (exact) mass is 423 g/mol. The Morgan fingerprint density at radius 1 is 0.929 bits per heavy atom. The Hall–Kier alpha value is -2.53. The van der Waals surface area contributed by atoms with Crippen molar-refractivity contribution in [3.63, 3.8) is 0 Å². The average Bonchev–Trinajstić information content (AvgIpc) is 2.65. The molecule has 0 spiro atoms. The smallest absolute Gasteiger partial charge is 0.321 e. The highest BCUT2D eigenvalue weighted by Gasteiger charge is 2.27. The number of likely N-dealkylation sites (N-methyl/N-ethyl adjacent to an activating group) is 1. The number of esters is 1. The molecule has 5 nitrogen and oxygen atoms in total. The standard InChI is InChI=1S/C17H14F5NO4S/c1-9-3-5-10(6-4-9)28(25,26)23(2)7-12(24)27-8-11-13(18)15(20)17(22)16(21)14(11)19/h3-6H,7-8H2,1-2H3. The Morgan fingerprint density at radius 2 is 1.39 bits per heavy atom. The predicted octanol–water partition coefficient (Wildman–Crippen LogP) is 3.05. The minimum Gasteiger partial charge on any atom is -0.460 e. The zero-order valence-corrected chi connectivity index (χ0v) is 15.4. The molecule has 0 atom stereocenters. The third-order valence-electron chi connectivity index (χ3n) is 3.76. The lowest BCUT2D eigenvalue weighted by molar-refractivity contribution is -0.145. The summed E-state index contributed by atoms with van der Waals surface area (Å²) in [5.41, 5.74) is -0.530. The molecular formula is C17H14F5NO4S. The van der Waals surface area contributed by atoms with Crippen LogP contribution in [0.3, 0.4) is 0 Å². The fourth-order valence-electron chi connectivity index (χ4n) is 2.13. The topological polar surface area (TPSA) is 63.7 Å². The number of carbonyl (C=O) groups is 1. The molecule has 2 rings (SSSR count). The molecule has 2 aromatic carbocycles. The molecule has 2 aromatic rings. The first-order valence-electron chi connectivity index (χ1n) is 7.65. The molecule has 0 fully saturated rings. The number of halogens is 5. The third kappa shape index (κ3) is 4.30. The zero-order chi connectivity index (χ0) is 21.2. The van der Waals surface area contributed by atoms with Crippen LogP contribution in [0.1, 0.15) is 11.1 Å². The van der Waals surface area contributed by atoms with E-state index in [-0.39, 0.29) is 4.90 Å². The molecular weight excluding hydrogens is 409 g/mol. The largest absolute Gasteiger partial charge is 0.460 e. The van der Waals surface area contributed by atoms with Gasteiger partial charge in [0.2, 0.25) is 15.8 Å². The summed E-state index contributed by atoms with van der Waals surface area (Å²) in [5.74, 6) is -12.2. The predicted molar refractivity (Wildman–Crippen MR) is 87.0 cm³/mol. The zero-order valence-electron chi connectivity index (χ0n) is 14.6. The first kappa shape index (κ1) is 21.8. The van der Waals surface area contributed by atoms with E-state index in [4.69, 9.17) is 0 Å². The van der Waals surface area contributed by atoms with Gasteiger partial charge in [-0.2, -0.15) is 4.31 Å². The lowest BCUT2D eigenvalue weighted by Crippen LogP contribution is -2.33. The third-order valence-corrected chi connectivity index (χ3v) is 5.58. The van der Waals surface area contributed by atoms with Gasteiger partial charge in [-0.1, -0.05) is 17.7 Å². The van der Waals surface area contributed by atoms with Gasteiger partial charge in [0.25, 0.3) is 0 Å². The first-order chi connectivity index (χ1) is 13.0. The molecule has 0 saturated heterocycles. The first-order valence-corrected chi connectivity index (χ1v) is 9.09. The van der Waals surface area contributed by atoms with Crippen molar-refractivity contribution in [1.82, 2.24) is 4.31 Å². The van der Waals surface area contributed by atoms with Crippen molar-refractivity contribution in [2.75, 3.05) is 13.6 Å². The number of carbonyl (C=O) groups excluding carboxylic acids is 1. The van der Waals surface area contributed by atoms with Crippen LogP contribution in [-0.4, -0.2) is 32.3 Å². The quantitative estimate of drug-likeness (QED) is 0.310. The van der Waals surface area contributed by atoms with E-state index >= 15 is 0 Å². The molecule has 0 amide bonds. The van der Waals surface area contributed by atoms with Gasteiger partial charge in [0.05, 0.1) is 10.5 Å². The van der Waals surface area contributed by atoms with Gasteiger partial charge in [0.1, 0.15) is 13.2 Å². The highest BCUT2D eigenvalue weighted by molar-refractivity contribution is 7.89. The Labute approximate surface area is 157 Å². The highest BCUT2D eigenvalue weighted by Crippen LogP contribution is 2.23. The number of hydrogen-bond donors (Lipinski definition) is 0. The number of sulfonamides is 1. The Morgan fingerprint density at radius 3 is 1.89 bits per heavy atom. The van der Waals surface area contributed by atoms with E-state index in [0.29, 0.717) is 4.31 Å². The fourth-order valence-corrected chi connectivity index (χ4v) is 3.25. The highest BCUT2D eigenvalue weighted by atomic mass is 32.2. The van der Waals surface area contributed by atoms with Crippen LogP contribution in [0, 0.1) is 36.0 Å². The second-order valence-electron chi connectivity index (χ2n) is 5.78. The van der Waals surface area contributed by atoms with Crippen molar-refractivity contribution in [2.45, 2.75) is 18.4 Å². The van der Waals surface area contributed by atoms with Crippen molar-refractivity contribution in [2.24, 2.45) is 0 Å². The number of rotatable bonds is 6. The maximum atomic E-state index is 13.5. The van der Waals surface area contributed by atoms with Crippen molar-refractivity contribution < 1.29 is 39.9 Å². The summed E-state index contributed by atoms with van der Waals surface area (Å²) >= 11 is 0. The van der Waals surface area contributed by atoms with Gasteiger partial charge in [0.15, 0.2) is 23.3 Å². The van der Waals surface area contributed by atoms with E-state index < -0.39 is 63.8 Å². The van der Waals surface area contributed by atoms with Crippen molar-refractivity contribution in [3.8, 4) is 0 Å². The number of ether oxygens (including phenoxy) is 1. The van der Waals surface area contributed by atoms with Gasteiger partial charge in [-0.05, 0) is 19.1 Å². The van der Waals surface area contributed by atoms with E-state index in [1.165, 1.54) is 12.1 Å². The summed E-state index contributed by atoms with van der Waals surface area (Å²) in [6.07, 6.45) is 0. The maximum Gasteiger partial charge on any atom is 0.321 e. The second-order valence-corrected chi connectivity index (χ2v) is 7.83.